The molecule has 1 N–H and O–H groups in total. The van der Waals surface area contributed by atoms with E-state index in [9.17, 15) is 0 Å². The summed E-state index contributed by atoms with van der Waals surface area (Å²) in [6.45, 7) is 4.06. The molecule has 0 aliphatic heterocycles. The number of hydrogen-bond acceptors (Lipinski definition) is 2. The quantitative estimate of drug-likeness (QED) is 0.174. The molecule has 1 aliphatic rings. The van der Waals surface area contributed by atoms with Gasteiger partial charge in [0.1, 0.15) is 0 Å². The molecule has 1 aliphatic carbocycles. The number of rotatable bonds is 6. The van der Waals surface area contributed by atoms with Gasteiger partial charge in [-0.15, -0.1) is 0 Å². The van der Waals surface area contributed by atoms with Gasteiger partial charge in [0.25, 0.3) is 0 Å². The molecule has 0 bridgehead atoms. The van der Waals surface area contributed by atoms with Gasteiger partial charge in [0, 0.05) is 55.7 Å². The van der Waals surface area contributed by atoms with Crippen LogP contribution < -0.4 is 0 Å². The molecule has 0 unspecified atom stereocenters. The third-order valence-corrected chi connectivity index (χ3v) is 11.1. The predicted octanol–water partition coefficient (Wildman–Crippen LogP) is 12.8. The number of fused-ring (bicyclic) bond motifs is 6. The van der Waals surface area contributed by atoms with Crippen molar-refractivity contribution in [3.05, 3.63) is 188 Å². The highest BCUT2D eigenvalue weighted by molar-refractivity contribution is 6.29. The fourth-order valence-electron chi connectivity index (χ4n) is 8.74. The van der Waals surface area contributed by atoms with Gasteiger partial charge < -0.3 is 14.5 Å². The molecule has 252 valence electrons. The summed E-state index contributed by atoms with van der Waals surface area (Å²) in [4.78, 5) is 5.21. The van der Waals surface area contributed by atoms with Gasteiger partial charge in [-0.25, -0.2) is 4.98 Å². The van der Waals surface area contributed by atoms with Gasteiger partial charge in [0.2, 0.25) is 0 Å². The van der Waals surface area contributed by atoms with E-state index in [0.29, 0.717) is 0 Å². The molecule has 0 radical (unpaired) electrons. The van der Waals surface area contributed by atoms with E-state index in [4.69, 9.17) is 10.4 Å². The minimum atomic E-state index is 0.813. The first-order valence-electron chi connectivity index (χ1n) is 18.2. The van der Waals surface area contributed by atoms with Gasteiger partial charge in [0.15, 0.2) is 0 Å². The van der Waals surface area contributed by atoms with Crippen LogP contribution in [0.5, 0.6) is 0 Å². The first-order valence-corrected chi connectivity index (χ1v) is 18.2. The summed E-state index contributed by atoms with van der Waals surface area (Å²) >= 11 is 0. The molecule has 7 aromatic carbocycles. The summed E-state index contributed by atoms with van der Waals surface area (Å²) in [7, 11) is 0. The predicted molar refractivity (Wildman–Crippen MR) is 227 cm³/mol. The van der Waals surface area contributed by atoms with Crippen LogP contribution in [0.1, 0.15) is 11.3 Å². The molecule has 3 aromatic heterocycles. The van der Waals surface area contributed by atoms with E-state index in [0.717, 1.165) is 66.8 Å². The molecular formula is C50H32N4. The number of hydrogen-bond donors (Lipinski definition) is 1. The lowest BCUT2D eigenvalue weighted by Gasteiger charge is -2.10. The van der Waals surface area contributed by atoms with E-state index in [-0.39, 0.29) is 0 Å². The maximum absolute atomic E-state index is 8.26. The average molecular weight is 689 g/mol. The molecule has 0 atom stereocenters. The van der Waals surface area contributed by atoms with Crippen LogP contribution in [0.15, 0.2) is 176 Å². The second-order valence-electron chi connectivity index (χ2n) is 14.0. The van der Waals surface area contributed by atoms with Crippen molar-refractivity contribution >= 4 is 71.7 Å². The van der Waals surface area contributed by atoms with Crippen molar-refractivity contribution in [3.8, 4) is 33.8 Å². The van der Waals surface area contributed by atoms with Crippen molar-refractivity contribution in [2.24, 2.45) is 0 Å². The van der Waals surface area contributed by atoms with Gasteiger partial charge in [-0.1, -0.05) is 110 Å². The Kier molecular flexibility index (Phi) is 6.52. The van der Waals surface area contributed by atoms with Crippen LogP contribution in [0, 0.1) is 5.41 Å². The van der Waals surface area contributed by atoms with E-state index < -0.39 is 0 Å². The highest BCUT2D eigenvalue weighted by Gasteiger charge is 2.24. The van der Waals surface area contributed by atoms with Gasteiger partial charge in [-0.3, -0.25) is 0 Å². The smallest absolute Gasteiger partial charge is 0.0815 e. The molecule has 11 rings (SSSR count). The van der Waals surface area contributed by atoms with Crippen molar-refractivity contribution in [2.45, 2.75) is 0 Å². The summed E-state index contributed by atoms with van der Waals surface area (Å²) in [5, 5.41) is 15.3. The van der Waals surface area contributed by atoms with Crippen LogP contribution in [0.25, 0.3) is 99.3 Å². The minimum Gasteiger partial charge on any atom is -0.309 e. The fraction of sp³-hybridized carbons (Fsp3) is 0. The van der Waals surface area contributed by atoms with Crippen LogP contribution >= 0.6 is 0 Å². The monoisotopic (exact) mass is 688 g/mol. The lowest BCUT2D eigenvalue weighted by Crippen LogP contribution is -1.95. The first kappa shape index (κ1) is 30.3. The minimum absolute atomic E-state index is 0.813. The Morgan fingerprint density at radius 2 is 1.07 bits per heavy atom. The summed E-state index contributed by atoms with van der Waals surface area (Å²) < 4.78 is 4.73. The second-order valence-corrected chi connectivity index (χ2v) is 14.0. The summed E-state index contributed by atoms with van der Waals surface area (Å²) in [6.07, 6.45) is 3.26. The van der Waals surface area contributed by atoms with E-state index >= 15 is 0 Å². The van der Waals surface area contributed by atoms with Crippen LogP contribution in [0.3, 0.4) is 0 Å². The normalized spacial score (nSPS) is 12.5. The largest absolute Gasteiger partial charge is 0.309 e. The zero-order valence-corrected chi connectivity index (χ0v) is 29.3. The zero-order chi connectivity index (χ0) is 35.9. The van der Waals surface area contributed by atoms with Crippen LogP contribution in [-0.2, 0) is 0 Å². The van der Waals surface area contributed by atoms with Crippen molar-refractivity contribution in [3.63, 3.8) is 0 Å². The number of aromatic nitrogens is 3. The van der Waals surface area contributed by atoms with E-state index in [2.05, 4.69) is 180 Å². The van der Waals surface area contributed by atoms with Gasteiger partial charge in [-0.2, -0.15) is 0 Å². The molecule has 0 spiro atoms. The number of pyridine rings is 1. The second kappa shape index (κ2) is 11.6. The molecular weight excluding hydrogens is 657 g/mol. The molecule has 0 saturated heterocycles. The molecule has 54 heavy (non-hydrogen) atoms. The third kappa shape index (κ3) is 4.31. The van der Waals surface area contributed by atoms with Gasteiger partial charge in [0.05, 0.1) is 33.5 Å². The topological polar surface area (TPSA) is 46.6 Å². The molecule has 4 heteroatoms. The van der Waals surface area contributed by atoms with Crippen molar-refractivity contribution in [1.82, 2.24) is 14.1 Å². The first-order chi connectivity index (χ1) is 26.7. The Hall–Kier alpha value is -7.30. The zero-order valence-electron chi connectivity index (χ0n) is 29.3. The summed E-state index contributed by atoms with van der Waals surface area (Å²) in [6, 6.07) is 58.8. The Morgan fingerprint density at radius 3 is 1.74 bits per heavy atom. The average Bonchev–Trinajstić information content (AvgIpc) is 3.86. The van der Waals surface area contributed by atoms with Crippen LogP contribution in [0.4, 0.5) is 0 Å². The number of nitrogens with one attached hydrogen (secondary N) is 1. The number of allylic oxidation sites excluding steroid dienone is 3. The highest BCUT2D eigenvalue weighted by Crippen LogP contribution is 2.43. The van der Waals surface area contributed by atoms with E-state index in [1.807, 2.05) is 6.08 Å². The Bertz CT molecular complexity index is 3230. The van der Waals surface area contributed by atoms with Crippen LogP contribution in [-0.4, -0.2) is 20.3 Å². The fourth-order valence-corrected chi connectivity index (χ4v) is 8.74. The Morgan fingerprint density at radius 1 is 0.481 bits per heavy atom. The molecule has 4 nitrogen and oxygen atoms in total. The van der Waals surface area contributed by atoms with Gasteiger partial charge >= 0.3 is 0 Å². The number of benzene rings is 7. The molecule has 3 heterocycles. The lowest BCUT2D eigenvalue weighted by molar-refractivity contribution is 1.18. The van der Waals surface area contributed by atoms with Crippen molar-refractivity contribution in [2.75, 3.05) is 0 Å². The third-order valence-electron chi connectivity index (χ3n) is 11.1. The summed E-state index contributed by atoms with van der Waals surface area (Å²) in [5.74, 6) is 0. The molecule has 0 amide bonds. The van der Waals surface area contributed by atoms with E-state index in [1.165, 1.54) is 49.9 Å². The SMILES string of the molecule is C=CC1=C(C=N)c2nc(-c3ccc4c5cc(-c6ccc7c(c6)c6ccccc6n7-c6ccccc6)ccc5n(-c5ccccc5)c4c3)cc3cccc1c23. The summed E-state index contributed by atoms with van der Waals surface area (Å²) in [5.41, 5.74) is 14.9. The standard InChI is InChI=1S/C50H32N4/c1-2-37-40-18-11-12-34-28-44(52-50(49(34)40)43(37)30-51)33-20-23-39-42-27-32(22-25-47(42)54(48(39)29-33)36-15-7-4-8-16-36)31-21-24-46-41(26-31)38-17-9-10-19-45(38)53(46)35-13-5-3-6-14-35/h2-30,51H,1H2. The van der Waals surface area contributed by atoms with Crippen molar-refractivity contribution in [1.29, 1.82) is 5.41 Å². The molecule has 0 saturated carbocycles. The highest BCUT2D eigenvalue weighted by atomic mass is 15.0. The maximum atomic E-state index is 8.26. The Balaban J connectivity index is 1.11. The Labute approximate surface area is 311 Å². The van der Waals surface area contributed by atoms with Crippen LogP contribution in [0.2, 0.25) is 0 Å². The number of para-hydroxylation sites is 3. The van der Waals surface area contributed by atoms with Gasteiger partial charge in [-0.05, 0) is 94.4 Å². The number of nitrogens with zero attached hydrogens (tertiary/aromatic N) is 3. The maximum Gasteiger partial charge on any atom is 0.0815 e. The lowest BCUT2D eigenvalue weighted by atomic mass is 9.99. The molecule has 10 aromatic rings. The van der Waals surface area contributed by atoms with Crippen molar-refractivity contribution < 1.29 is 0 Å². The molecule has 0 fully saturated rings. The van der Waals surface area contributed by atoms with E-state index in [1.54, 1.807) is 0 Å².